The molecule has 1 aromatic rings. The molecular formula is C17H22N5O4P. The van der Waals surface area contributed by atoms with Crippen LogP contribution in [0.3, 0.4) is 0 Å². The fourth-order valence-corrected chi connectivity index (χ4v) is 3.37. The van der Waals surface area contributed by atoms with Crippen LogP contribution in [0.15, 0.2) is 21.7 Å². The molecular weight excluding hydrogens is 369 g/mol. The number of rotatable bonds is 6. The molecule has 0 saturated carbocycles. The smallest absolute Gasteiger partial charge is 0.349 e. The third-order valence-electron chi connectivity index (χ3n) is 4.38. The molecule has 0 radical (unpaired) electrons. The van der Waals surface area contributed by atoms with Gasteiger partial charge in [0.1, 0.15) is 7.34 Å². The van der Waals surface area contributed by atoms with Gasteiger partial charge in [-0.3, -0.25) is 9.78 Å². The third-order valence-corrected chi connectivity index (χ3v) is 5.32. The van der Waals surface area contributed by atoms with Crippen LogP contribution in [0.25, 0.3) is 22.6 Å². The fourth-order valence-electron chi connectivity index (χ4n) is 2.85. The number of fused-ring (bicyclic) bond motifs is 2. The molecule has 0 fully saturated rings. The van der Waals surface area contributed by atoms with Gasteiger partial charge in [0.05, 0.1) is 11.0 Å². The molecule has 0 bridgehead atoms. The van der Waals surface area contributed by atoms with E-state index in [2.05, 4.69) is 26.6 Å². The zero-order chi connectivity index (χ0) is 19.8. The second-order valence-corrected chi connectivity index (χ2v) is 8.79. The van der Waals surface area contributed by atoms with Gasteiger partial charge in [-0.25, -0.2) is 9.78 Å². The molecule has 0 aromatic heterocycles. The van der Waals surface area contributed by atoms with Crippen molar-refractivity contribution in [2.45, 2.75) is 20.4 Å². The molecule has 0 amide bonds. The van der Waals surface area contributed by atoms with Crippen LogP contribution >= 0.6 is 7.34 Å². The van der Waals surface area contributed by atoms with Crippen molar-refractivity contribution in [3.63, 3.8) is 0 Å². The van der Waals surface area contributed by atoms with Gasteiger partial charge < -0.3 is 19.7 Å². The second-order valence-electron chi connectivity index (χ2n) is 6.58. The Morgan fingerprint density at radius 3 is 2.59 bits per heavy atom. The lowest BCUT2D eigenvalue weighted by atomic mass is 10.1. The molecule has 3 rings (SSSR count). The van der Waals surface area contributed by atoms with Gasteiger partial charge in [0.25, 0.3) is 5.56 Å². The molecule has 10 heteroatoms. The highest BCUT2D eigenvalue weighted by atomic mass is 31.2. The van der Waals surface area contributed by atoms with Gasteiger partial charge in [-0.05, 0) is 37.1 Å². The fraction of sp³-hybridized carbons (Fsp3) is 0.353. The number of nitrogens with one attached hydrogen (secondary N) is 2. The number of H-pyrrole nitrogens is 1. The maximum atomic E-state index is 12.2. The van der Waals surface area contributed by atoms with Gasteiger partial charge in [0.15, 0.2) is 11.5 Å². The maximum Gasteiger partial charge on any atom is 0.349 e. The Hall–Kier alpha value is -2.32. The van der Waals surface area contributed by atoms with Gasteiger partial charge in [0.2, 0.25) is 0 Å². The van der Waals surface area contributed by atoms with Crippen LogP contribution in [0, 0.1) is 13.8 Å². The summed E-state index contributed by atoms with van der Waals surface area (Å²) >= 11 is 0. The van der Waals surface area contributed by atoms with Gasteiger partial charge in [0, 0.05) is 25.8 Å². The Balaban J connectivity index is 2.04. The highest BCUT2D eigenvalue weighted by molar-refractivity contribution is 7.62. The van der Waals surface area contributed by atoms with Gasteiger partial charge >= 0.3 is 5.69 Å². The Labute approximate surface area is 155 Å². The van der Waals surface area contributed by atoms with E-state index >= 15 is 0 Å². The first-order valence-electron chi connectivity index (χ1n) is 8.46. The second kappa shape index (κ2) is 7.36. The van der Waals surface area contributed by atoms with Gasteiger partial charge in [-0.15, -0.1) is 0 Å². The van der Waals surface area contributed by atoms with E-state index in [4.69, 9.17) is 0 Å². The average Bonchev–Trinajstić information content (AvgIpc) is 2.55. The summed E-state index contributed by atoms with van der Waals surface area (Å²) in [5.41, 5.74) is 2.35. The number of benzene rings is 1. The molecule has 2 heterocycles. The van der Waals surface area contributed by atoms with Crippen LogP contribution in [0.1, 0.15) is 11.1 Å². The third kappa shape index (κ3) is 4.33. The van der Waals surface area contributed by atoms with Crippen molar-refractivity contribution >= 4 is 24.7 Å². The zero-order valence-electron chi connectivity index (χ0n) is 15.2. The largest absolute Gasteiger partial charge is 0.353 e. The number of hydrogen-bond acceptors (Lipinski definition) is 7. The van der Waals surface area contributed by atoms with Crippen LogP contribution in [0.5, 0.6) is 0 Å². The first kappa shape index (κ1) is 19.4. The quantitative estimate of drug-likeness (QED) is 0.265. The number of hydrogen-bond donors (Lipinski definition) is 4. The minimum Gasteiger partial charge on any atom is -0.353 e. The van der Waals surface area contributed by atoms with Crippen LogP contribution in [-0.4, -0.2) is 54.9 Å². The summed E-state index contributed by atoms with van der Waals surface area (Å²) in [6, 6.07) is 3.86. The predicted octanol–water partition coefficient (Wildman–Crippen LogP) is 0.0552. The van der Waals surface area contributed by atoms with Gasteiger partial charge in [-0.1, -0.05) is 6.30 Å². The van der Waals surface area contributed by atoms with Crippen molar-refractivity contribution in [1.29, 1.82) is 0 Å². The number of aryl methyl sites for hydroxylation is 2. The number of aromatic nitrogens is 4. The van der Waals surface area contributed by atoms with Crippen molar-refractivity contribution < 1.29 is 9.79 Å². The molecule has 0 saturated heterocycles. The highest BCUT2D eigenvalue weighted by Gasteiger charge is 2.19. The van der Waals surface area contributed by atoms with Gasteiger partial charge in [-0.2, -0.15) is 4.98 Å². The van der Waals surface area contributed by atoms with E-state index in [1.54, 1.807) is 4.57 Å². The van der Waals surface area contributed by atoms with E-state index < -0.39 is 18.6 Å². The topological polar surface area (TPSA) is 133 Å². The molecule has 0 aliphatic carbocycles. The van der Waals surface area contributed by atoms with Crippen LogP contribution in [0.4, 0.5) is 0 Å². The average molecular weight is 391 g/mol. The molecule has 0 spiro atoms. The molecule has 0 unspecified atom stereocenters. The Bertz CT molecular complexity index is 1130. The molecule has 4 N–H and O–H groups in total. The van der Waals surface area contributed by atoms with E-state index in [9.17, 15) is 19.4 Å². The molecule has 0 atom stereocenters. The Morgan fingerprint density at radius 1 is 1.19 bits per heavy atom. The summed E-state index contributed by atoms with van der Waals surface area (Å²) in [6.45, 7) is 5.24. The Morgan fingerprint density at radius 2 is 1.89 bits per heavy atom. The number of aromatic amines is 1. The summed E-state index contributed by atoms with van der Waals surface area (Å²) in [4.78, 5) is 53.1. The minimum absolute atomic E-state index is 0.110. The van der Waals surface area contributed by atoms with E-state index in [1.807, 2.05) is 26.0 Å². The van der Waals surface area contributed by atoms with Crippen molar-refractivity contribution in [3.8, 4) is 11.5 Å². The van der Waals surface area contributed by atoms with E-state index in [0.29, 0.717) is 25.2 Å². The van der Waals surface area contributed by atoms with E-state index in [0.717, 1.165) is 16.6 Å². The SMILES string of the molecule is C=P(O)(O)CCNCCn1c2nc(=O)[nH]c(=O)c-2nc2cc(C)c(C)cc21. The monoisotopic (exact) mass is 391 g/mol. The number of nitrogens with zero attached hydrogens (tertiary/aromatic N) is 3. The van der Waals surface area contributed by atoms with Crippen LogP contribution in [-0.2, 0) is 6.54 Å². The predicted molar refractivity (Wildman–Crippen MR) is 107 cm³/mol. The molecule has 1 aromatic carbocycles. The zero-order valence-corrected chi connectivity index (χ0v) is 16.1. The molecule has 2 aliphatic rings. The minimum atomic E-state index is -3.06. The normalized spacial score (nSPS) is 12.1. The summed E-state index contributed by atoms with van der Waals surface area (Å²) in [5, 5.41) is 3.11. The summed E-state index contributed by atoms with van der Waals surface area (Å²) in [5.74, 6) is 0.227. The van der Waals surface area contributed by atoms with Crippen molar-refractivity contribution in [2.75, 3.05) is 19.3 Å². The van der Waals surface area contributed by atoms with Crippen molar-refractivity contribution in [3.05, 3.63) is 44.1 Å². The maximum absolute atomic E-state index is 12.2. The summed E-state index contributed by atoms with van der Waals surface area (Å²) in [6.07, 6.45) is 3.51. The Kier molecular flexibility index (Phi) is 5.30. The standard InChI is InChI=1S/C17H22N5O4P/c1-10-8-12-13(9-11(10)2)22(6-4-18-5-7-27(3,25)26)15-14(19-12)16(23)21-17(24)20-15/h8-9,18,25-26H,3-7H2,1-2H3,(H,21,23,24). The van der Waals surface area contributed by atoms with Crippen molar-refractivity contribution in [2.24, 2.45) is 0 Å². The molecule has 27 heavy (non-hydrogen) atoms. The lowest BCUT2D eigenvalue weighted by Crippen LogP contribution is -2.30. The summed E-state index contributed by atoms with van der Waals surface area (Å²) < 4.78 is 1.79. The molecule has 9 nitrogen and oxygen atoms in total. The van der Waals surface area contributed by atoms with E-state index in [1.165, 1.54) is 0 Å². The first-order chi connectivity index (χ1) is 12.7. The highest BCUT2D eigenvalue weighted by Crippen LogP contribution is 2.32. The van der Waals surface area contributed by atoms with Crippen LogP contribution < -0.4 is 16.6 Å². The molecule has 144 valence electrons. The lowest BCUT2D eigenvalue weighted by molar-refractivity contribution is 0.473. The van der Waals surface area contributed by atoms with Crippen LogP contribution in [0.2, 0.25) is 0 Å². The summed E-state index contributed by atoms with van der Waals surface area (Å²) in [7, 11) is -3.06. The lowest BCUT2D eigenvalue weighted by Gasteiger charge is -2.18. The van der Waals surface area contributed by atoms with E-state index in [-0.39, 0.29) is 17.7 Å². The first-order valence-corrected chi connectivity index (χ1v) is 10.5. The molecule has 2 aliphatic heterocycles. The van der Waals surface area contributed by atoms with Crippen molar-refractivity contribution in [1.82, 2.24) is 24.8 Å².